The summed E-state index contributed by atoms with van der Waals surface area (Å²) < 4.78 is 0. The highest BCUT2D eigenvalue weighted by Gasteiger charge is 2.20. The zero-order valence-electron chi connectivity index (χ0n) is 14.9. The number of primary amides is 1. The van der Waals surface area contributed by atoms with Crippen molar-refractivity contribution in [3.63, 3.8) is 0 Å². The lowest BCUT2D eigenvalue weighted by atomic mass is 9.87. The van der Waals surface area contributed by atoms with Crippen molar-refractivity contribution in [2.24, 2.45) is 5.73 Å². The number of carbonyl (C=O) groups is 1. The molecule has 0 bridgehead atoms. The molecule has 25 heavy (non-hydrogen) atoms. The average molecular weight is 341 g/mol. The smallest absolute Gasteiger partial charge is 0.293 e. The monoisotopic (exact) mass is 341 g/mol. The van der Waals surface area contributed by atoms with Crippen LogP contribution in [-0.4, -0.2) is 17.9 Å². The summed E-state index contributed by atoms with van der Waals surface area (Å²) in [4.78, 5) is 23.9. The van der Waals surface area contributed by atoms with E-state index in [1.54, 1.807) is 18.0 Å². The van der Waals surface area contributed by atoms with E-state index < -0.39 is 10.8 Å². The molecule has 0 unspecified atom stereocenters. The Bertz CT molecular complexity index is 793. The van der Waals surface area contributed by atoms with Gasteiger partial charge in [-0.15, -0.1) is 0 Å². The van der Waals surface area contributed by atoms with Gasteiger partial charge in [0.05, 0.1) is 4.92 Å². The van der Waals surface area contributed by atoms with Gasteiger partial charge in [0.1, 0.15) is 5.69 Å². The molecule has 0 aliphatic rings. The molecule has 0 fully saturated rings. The Morgan fingerprint density at radius 1 is 1.16 bits per heavy atom. The van der Waals surface area contributed by atoms with Gasteiger partial charge in [-0.3, -0.25) is 14.9 Å². The third-order valence-corrected chi connectivity index (χ3v) is 4.11. The van der Waals surface area contributed by atoms with Gasteiger partial charge >= 0.3 is 0 Å². The summed E-state index contributed by atoms with van der Waals surface area (Å²) in [5, 5.41) is 11.3. The molecular formula is C19H23N3O3. The van der Waals surface area contributed by atoms with E-state index in [4.69, 9.17) is 5.73 Å². The first kappa shape index (κ1) is 18.4. The first-order valence-electron chi connectivity index (χ1n) is 7.98. The van der Waals surface area contributed by atoms with E-state index in [0.29, 0.717) is 12.2 Å². The van der Waals surface area contributed by atoms with Gasteiger partial charge in [0.15, 0.2) is 0 Å². The van der Waals surface area contributed by atoms with Gasteiger partial charge in [-0.1, -0.05) is 45.0 Å². The van der Waals surface area contributed by atoms with E-state index in [9.17, 15) is 14.9 Å². The molecule has 1 amide bonds. The Balaban J connectivity index is 2.27. The predicted octanol–water partition coefficient (Wildman–Crippen LogP) is 3.63. The summed E-state index contributed by atoms with van der Waals surface area (Å²) >= 11 is 0. The Morgan fingerprint density at radius 3 is 2.24 bits per heavy atom. The topological polar surface area (TPSA) is 89.5 Å². The van der Waals surface area contributed by atoms with E-state index >= 15 is 0 Å². The Morgan fingerprint density at radius 2 is 1.76 bits per heavy atom. The second-order valence-electron chi connectivity index (χ2n) is 7.13. The number of anilines is 1. The molecule has 132 valence electrons. The number of hydrogen-bond donors (Lipinski definition) is 1. The number of rotatable bonds is 5. The van der Waals surface area contributed by atoms with Gasteiger partial charge in [0, 0.05) is 25.2 Å². The van der Waals surface area contributed by atoms with Gasteiger partial charge in [0.25, 0.3) is 5.69 Å². The molecule has 0 spiro atoms. The molecule has 0 heterocycles. The minimum absolute atomic E-state index is 0.0772. The van der Waals surface area contributed by atoms with E-state index in [2.05, 4.69) is 32.9 Å². The molecule has 0 aromatic heterocycles. The molecule has 6 heteroatoms. The zero-order valence-corrected chi connectivity index (χ0v) is 14.9. The Hall–Kier alpha value is -2.89. The molecule has 0 saturated heterocycles. The molecule has 2 aromatic carbocycles. The Labute approximate surface area is 147 Å². The van der Waals surface area contributed by atoms with E-state index in [1.165, 1.54) is 17.7 Å². The minimum atomic E-state index is -0.685. The van der Waals surface area contributed by atoms with Crippen molar-refractivity contribution in [3.05, 3.63) is 69.3 Å². The SMILES string of the molecule is CN(Cc1ccc(C(C)(C)C)cc1)c1ccc(C(N)=O)cc1[N+](=O)[O-]. The van der Waals surface area contributed by atoms with Crippen LogP contribution in [0.3, 0.4) is 0 Å². The quantitative estimate of drug-likeness (QED) is 0.664. The fourth-order valence-corrected chi connectivity index (χ4v) is 2.61. The Kier molecular flexibility index (Phi) is 5.11. The predicted molar refractivity (Wildman–Crippen MR) is 98.9 cm³/mol. The maximum atomic E-state index is 11.3. The highest BCUT2D eigenvalue weighted by atomic mass is 16.6. The van der Waals surface area contributed by atoms with Gasteiger partial charge in [-0.2, -0.15) is 0 Å². The first-order chi connectivity index (χ1) is 11.6. The number of amides is 1. The van der Waals surface area contributed by atoms with Gasteiger partial charge in [0.2, 0.25) is 5.91 Å². The lowest BCUT2D eigenvalue weighted by molar-refractivity contribution is -0.384. The van der Waals surface area contributed by atoms with Crippen LogP contribution >= 0.6 is 0 Å². The van der Waals surface area contributed by atoms with Crippen molar-refractivity contribution in [2.45, 2.75) is 32.7 Å². The number of nitro groups is 1. The number of nitrogens with zero attached hydrogens (tertiary/aromatic N) is 2. The average Bonchev–Trinajstić information content (AvgIpc) is 2.53. The molecule has 2 rings (SSSR count). The van der Waals surface area contributed by atoms with Crippen LogP contribution in [0, 0.1) is 10.1 Å². The van der Waals surface area contributed by atoms with Crippen LogP contribution in [0.25, 0.3) is 0 Å². The summed E-state index contributed by atoms with van der Waals surface area (Å²) in [5.74, 6) is -0.685. The normalized spacial score (nSPS) is 11.2. The third kappa shape index (κ3) is 4.35. The van der Waals surface area contributed by atoms with Crippen molar-refractivity contribution < 1.29 is 9.72 Å². The molecule has 0 atom stereocenters. The van der Waals surface area contributed by atoms with Crippen LogP contribution < -0.4 is 10.6 Å². The van der Waals surface area contributed by atoms with Crippen molar-refractivity contribution in [2.75, 3.05) is 11.9 Å². The molecule has 2 aromatic rings. The van der Waals surface area contributed by atoms with Crippen molar-refractivity contribution in [1.29, 1.82) is 0 Å². The summed E-state index contributed by atoms with van der Waals surface area (Å²) in [6.45, 7) is 6.97. The van der Waals surface area contributed by atoms with E-state index in [-0.39, 0.29) is 16.7 Å². The zero-order chi connectivity index (χ0) is 18.8. The van der Waals surface area contributed by atoms with Crippen LogP contribution in [-0.2, 0) is 12.0 Å². The number of nitrogens with two attached hydrogens (primary N) is 1. The van der Waals surface area contributed by atoms with Gasteiger partial charge in [-0.25, -0.2) is 0 Å². The molecule has 6 nitrogen and oxygen atoms in total. The lowest BCUT2D eigenvalue weighted by Gasteiger charge is -2.22. The highest BCUT2D eigenvalue weighted by molar-refractivity contribution is 5.94. The van der Waals surface area contributed by atoms with E-state index in [1.807, 2.05) is 12.1 Å². The van der Waals surface area contributed by atoms with E-state index in [0.717, 1.165) is 5.56 Å². The van der Waals surface area contributed by atoms with Gasteiger partial charge in [-0.05, 0) is 28.7 Å². The van der Waals surface area contributed by atoms with Crippen molar-refractivity contribution >= 4 is 17.3 Å². The van der Waals surface area contributed by atoms with Crippen LogP contribution in [0.5, 0.6) is 0 Å². The van der Waals surface area contributed by atoms with Crippen LogP contribution in [0.15, 0.2) is 42.5 Å². The summed E-state index contributed by atoms with van der Waals surface area (Å²) in [7, 11) is 1.78. The van der Waals surface area contributed by atoms with Crippen LogP contribution in [0.1, 0.15) is 42.3 Å². The van der Waals surface area contributed by atoms with Crippen LogP contribution in [0.2, 0.25) is 0 Å². The molecule has 0 radical (unpaired) electrons. The molecule has 0 aliphatic heterocycles. The number of hydrogen-bond acceptors (Lipinski definition) is 4. The number of nitro benzene ring substituents is 1. The highest BCUT2D eigenvalue weighted by Crippen LogP contribution is 2.30. The fourth-order valence-electron chi connectivity index (χ4n) is 2.61. The summed E-state index contributed by atoms with van der Waals surface area (Å²) in [6, 6.07) is 12.5. The molecule has 0 aliphatic carbocycles. The van der Waals surface area contributed by atoms with Crippen molar-refractivity contribution in [1.82, 2.24) is 0 Å². The minimum Gasteiger partial charge on any atom is -0.366 e. The maximum Gasteiger partial charge on any atom is 0.293 e. The molecule has 0 saturated carbocycles. The summed E-state index contributed by atoms with van der Waals surface area (Å²) in [5.41, 5.74) is 7.99. The fraction of sp³-hybridized carbons (Fsp3) is 0.316. The first-order valence-corrected chi connectivity index (χ1v) is 7.98. The summed E-state index contributed by atoms with van der Waals surface area (Å²) in [6.07, 6.45) is 0. The number of benzene rings is 2. The molecule has 2 N–H and O–H groups in total. The lowest BCUT2D eigenvalue weighted by Crippen LogP contribution is -2.19. The van der Waals surface area contributed by atoms with Crippen LogP contribution in [0.4, 0.5) is 11.4 Å². The third-order valence-electron chi connectivity index (χ3n) is 4.11. The van der Waals surface area contributed by atoms with Gasteiger partial charge < -0.3 is 10.6 Å². The standard InChI is InChI=1S/C19H23N3O3/c1-19(2,3)15-8-5-13(6-9-15)12-21(4)16-10-7-14(18(20)23)11-17(16)22(24)25/h5-11H,12H2,1-4H3,(H2,20,23). The largest absolute Gasteiger partial charge is 0.366 e. The van der Waals surface area contributed by atoms with Crippen molar-refractivity contribution in [3.8, 4) is 0 Å². The number of carbonyl (C=O) groups excluding carboxylic acids is 1. The second-order valence-corrected chi connectivity index (χ2v) is 7.13. The molecular weight excluding hydrogens is 318 g/mol. The second kappa shape index (κ2) is 6.93. The maximum absolute atomic E-state index is 11.3.